The van der Waals surface area contributed by atoms with Crippen molar-refractivity contribution in [1.82, 2.24) is 19.7 Å². The smallest absolute Gasteiger partial charge is 0.0492 e. The van der Waals surface area contributed by atoms with Gasteiger partial charge in [-0.05, 0) is 18.2 Å². The van der Waals surface area contributed by atoms with E-state index in [9.17, 15) is 0 Å². The fourth-order valence-corrected chi connectivity index (χ4v) is 1.76. The summed E-state index contributed by atoms with van der Waals surface area (Å²) in [7, 11) is 4.05. The molecule has 2 heterocycles. The Hall–Kier alpha value is -1.55. The first-order valence-electron chi connectivity index (χ1n) is 5.55. The lowest BCUT2D eigenvalue weighted by molar-refractivity contribution is 0.625. The van der Waals surface area contributed by atoms with E-state index in [2.05, 4.69) is 46.4 Å². The Kier molecular flexibility index (Phi) is 3.41. The Labute approximate surface area is 95.9 Å². The predicted molar refractivity (Wildman–Crippen MR) is 64.0 cm³/mol. The summed E-state index contributed by atoms with van der Waals surface area (Å²) in [6.07, 6.45) is 4.92. The Bertz CT molecular complexity index is 399. The van der Waals surface area contributed by atoms with E-state index in [0.29, 0.717) is 0 Å². The summed E-state index contributed by atoms with van der Waals surface area (Å²) in [5.41, 5.74) is 2.57. The number of aromatic nitrogens is 3. The number of hydrogen-bond acceptors (Lipinski definition) is 2. The van der Waals surface area contributed by atoms with Gasteiger partial charge in [0.15, 0.2) is 0 Å². The molecule has 0 aliphatic carbocycles. The highest BCUT2D eigenvalue weighted by molar-refractivity contribution is 5.06. The summed E-state index contributed by atoms with van der Waals surface area (Å²) in [4.78, 5) is 0. The summed E-state index contributed by atoms with van der Waals surface area (Å²) >= 11 is 0. The maximum Gasteiger partial charge on any atom is 0.0492 e. The van der Waals surface area contributed by atoms with E-state index in [-0.39, 0.29) is 0 Å². The fourth-order valence-electron chi connectivity index (χ4n) is 1.76. The lowest BCUT2D eigenvalue weighted by Gasteiger charge is -2.06. The molecule has 0 unspecified atom stereocenters. The van der Waals surface area contributed by atoms with Gasteiger partial charge in [0.1, 0.15) is 0 Å². The van der Waals surface area contributed by atoms with Gasteiger partial charge in [0.25, 0.3) is 0 Å². The van der Waals surface area contributed by atoms with Crippen LogP contribution in [0, 0.1) is 0 Å². The highest BCUT2D eigenvalue weighted by Crippen LogP contribution is 1.99. The lowest BCUT2D eigenvalue weighted by atomic mass is 10.3. The molecule has 0 aliphatic rings. The van der Waals surface area contributed by atoms with Gasteiger partial charge in [0.2, 0.25) is 0 Å². The molecule has 0 atom stereocenters. The van der Waals surface area contributed by atoms with E-state index in [0.717, 1.165) is 19.5 Å². The van der Waals surface area contributed by atoms with Gasteiger partial charge in [-0.2, -0.15) is 5.10 Å². The highest BCUT2D eigenvalue weighted by Gasteiger charge is 1.99. The summed E-state index contributed by atoms with van der Waals surface area (Å²) in [5.74, 6) is 0. The molecule has 2 aromatic rings. The van der Waals surface area contributed by atoms with E-state index in [1.165, 1.54) is 11.4 Å². The van der Waals surface area contributed by atoms with Crippen LogP contribution >= 0.6 is 0 Å². The van der Waals surface area contributed by atoms with Crippen LogP contribution < -0.4 is 5.32 Å². The van der Waals surface area contributed by atoms with E-state index in [1.54, 1.807) is 0 Å². The minimum atomic E-state index is 0.918. The first-order valence-corrected chi connectivity index (χ1v) is 5.55. The molecule has 0 amide bonds. The standard InChI is InChI=1S/C12H18N4/c1-15-9-3-4-12(15)10-13-7-5-11-6-8-14-16(11)2/h3-4,6,8-9,13H,5,7,10H2,1-2H3. The Morgan fingerprint density at radius 2 is 2.12 bits per heavy atom. The van der Waals surface area contributed by atoms with Gasteiger partial charge in [0.05, 0.1) is 0 Å². The fraction of sp³-hybridized carbons (Fsp3) is 0.417. The Morgan fingerprint density at radius 1 is 1.25 bits per heavy atom. The van der Waals surface area contributed by atoms with Crippen molar-refractivity contribution in [2.75, 3.05) is 6.54 Å². The van der Waals surface area contributed by atoms with Crippen molar-refractivity contribution in [1.29, 1.82) is 0 Å². The van der Waals surface area contributed by atoms with E-state index in [4.69, 9.17) is 0 Å². The largest absolute Gasteiger partial charge is 0.353 e. The predicted octanol–water partition coefficient (Wildman–Crippen LogP) is 1.09. The molecule has 0 aromatic carbocycles. The molecule has 4 nitrogen and oxygen atoms in total. The van der Waals surface area contributed by atoms with Gasteiger partial charge in [-0.15, -0.1) is 0 Å². The second kappa shape index (κ2) is 4.99. The molecule has 86 valence electrons. The van der Waals surface area contributed by atoms with Gasteiger partial charge in [-0.25, -0.2) is 0 Å². The average molecular weight is 218 g/mol. The zero-order valence-electron chi connectivity index (χ0n) is 9.85. The molecule has 2 rings (SSSR count). The maximum absolute atomic E-state index is 4.14. The van der Waals surface area contributed by atoms with E-state index >= 15 is 0 Å². The van der Waals surface area contributed by atoms with E-state index < -0.39 is 0 Å². The zero-order valence-corrected chi connectivity index (χ0v) is 9.85. The maximum atomic E-state index is 4.14. The van der Waals surface area contributed by atoms with Crippen molar-refractivity contribution in [2.45, 2.75) is 13.0 Å². The monoisotopic (exact) mass is 218 g/mol. The van der Waals surface area contributed by atoms with Gasteiger partial charge >= 0.3 is 0 Å². The second-order valence-electron chi connectivity index (χ2n) is 3.98. The van der Waals surface area contributed by atoms with Crippen LogP contribution in [0.5, 0.6) is 0 Å². The van der Waals surface area contributed by atoms with Gasteiger partial charge in [-0.3, -0.25) is 4.68 Å². The molecule has 0 bridgehead atoms. The van der Waals surface area contributed by atoms with Crippen LogP contribution in [0.25, 0.3) is 0 Å². The summed E-state index contributed by atoms with van der Waals surface area (Å²) in [6, 6.07) is 6.26. The number of hydrogen-bond donors (Lipinski definition) is 1. The highest BCUT2D eigenvalue weighted by atomic mass is 15.3. The van der Waals surface area contributed by atoms with Crippen molar-refractivity contribution < 1.29 is 0 Å². The van der Waals surface area contributed by atoms with Crippen LogP contribution in [0.15, 0.2) is 30.6 Å². The van der Waals surface area contributed by atoms with E-state index in [1.807, 2.05) is 17.9 Å². The quantitative estimate of drug-likeness (QED) is 0.762. The number of rotatable bonds is 5. The second-order valence-corrected chi connectivity index (χ2v) is 3.98. The summed E-state index contributed by atoms with van der Waals surface area (Å²) in [6.45, 7) is 1.89. The molecule has 0 fully saturated rings. The van der Waals surface area contributed by atoms with Crippen molar-refractivity contribution in [3.05, 3.63) is 42.0 Å². The van der Waals surface area contributed by atoms with Crippen molar-refractivity contribution in [3.63, 3.8) is 0 Å². The first kappa shape index (κ1) is 11.0. The summed E-state index contributed by atoms with van der Waals surface area (Å²) in [5, 5.41) is 7.58. The van der Waals surface area contributed by atoms with Crippen molar-refractivity contribution in [2.24, 2.45) is 14.1 Å². The average Bonchev–Trinajstić information content (AvgIpc) is 2.84. The number of aryl methyl sites for hydroxylation is 2. The minimum Gasteiger partial charge on any atom is -0.353 e. The Morgan fingerprint density at radius 3 is 2.75 bits per heavy atom. The lowest BCUT2D eigenvalue weighted by Crippen LogP contribution is -2.19. The van der Waals surface area contributed by atoms with Gasteiger partial charge < -0.3 is 9.88 Å². The molecule has 0 radical (unpaired) electrons. The number of nitrogens with one attached hydrogen (secondary N) is 1. The Balaban J connectivity index is 1.74. The molecular weight excluding hydrogens is 200 g/mol. The molecule has 0 spiro atoms. The number of nitrogens with zero attached hydrogens (tertiary/aromatic N) is 3. The molecule has 2 aromatic heterocycles. The molecule has 1 N–H and O–H groups in total. The molecular formula is C12H18N4. The topological polar surface area (TPSA) is 34.8 Å². The van der Waals surface area contributed by atoms with Crippen LogP contribution in [0.4, 0.5) is 0 Å². The first-order chi connectivity index (χ1) is 7.77. The minimum absolute atomic E-state index is 0.918. The third kappa shape index (κ3) is 2.52. The normalized spacial score (nSPS) is 10.9. The van der Waals surface area contributed by atoms with Crippen LogP contribution in [0.1, 0.15) is 11.4 Å². The molecule has 16 heavy (non-hydrogen) atoms. The third-order valence-corrected chi connectivity index (χ3v) is 2.84. The van der Waals surface area contributed by atoms with Gasteiger partial charge in [0, 0.05) is 57.4 Å². The van der Waals surface area contributed by atoms with Crippen molar-refractivity contribution in [3.8, 4) is 0 Å². The SMILES string of the molecule is Cn1cccc1CNCCc1ccnn1C. The molecule has 0 aliphatic heterocycles. The zero-order chi connectivity index (χ0) is 11.4. The van der Waals surface area contributed by atoms with Gasteiger partial charge in [-0.1, -0.05) is 0 Å². The van der Waals surface area contributed by atoms with Crippen molar-refractivity contribution >= 4 is 0 Å². The van der Waals surface area contributed by atoms with Crippen LogP contribution in [0.3, 0.4) is 0 Å². The molecule has 4 heteroatoms. The summed E-state index contributed by atoms with van der Waals surface area (Å²) < 4.78 is 4.06. The molecule has 0 saturated heterocycles. The van der Waals surface area contributed by atoms with Crippen LogP contribution in [0.2, 0.25) is 0 Å². The molecule has 0 saturated carbocycles. The van der Waals surface area contributed by atoms with Crippen LogP contribution in [-0.4, -0.2) is 20.9 Å². The van der Waals surface area contributed by atoms with Crippen LogP contribution in [-0.2, 0) is 27.1 Å². The third-order valence-electron chi connectivity index (χ3n) is 2.84.